The quantitative estimate of drug-likeness (QED) is 0.514. The Bertz CT molecular complexity index is 1100. The highest BCUT2D eigenvalue weighted by atomic mass is 19.4. The fourth-order valence-electron chi connectivity index (χ4n) is 3.33. The van der Waals surface area contributed by atoms with Crippen LogP contribution in [0.25, 0.3) is 5.69 Å². The molecule has 0 unspecified atom stereocenters. The first-order chi connectivity index (χ1) is 16.6. The highest BCUT2D eigenvalue weighted by Crippen LogP contribution is 2.32. The van der Waals surface area contributed by atoms with Crippen LogP contribution in [0, 0.1) is 5.82 Å². The predicted molar refractivity (Wildman–Crippen MR) is 124 cm³/mol. The minimum absolute atomic E-state index is 0.00415. The molecule has 0 aliphatic carbocycles. The van der Waals surface area contributed by atoms with Gasteiger partial charge < -0.3 is 31.0 Å². The number of nitrogens with one attached hydrogen (secondary N) is 1. The minimum atomic E-state index is -4.82. The summed E-state index contributed by atoms with van der Waals surface area (Å²) in [5.41, 5.74) is 8.09. The first-order valence-corrected chi connectivity index (χ1v) is 11.0. The van der Waals surface area contributed by atoms with E-state index in [1.165, 1.54) is 12.6 Å². The van der Waals surface area contributed by atoms with Gasteiger partial charge in [0.05, 0.1) is 16.8 Å². The molecule has 2 aromatic rings. The molecule has 13 heteroatoms. The average molecular weight is 516 g/mol. The zero-order valence-corrected chi connectivity index (χ0v) is 20.1. The number of nitrogens with two attached hydrogens (primary N) is 2. The van der Waals surface area contributed by atoms with Crippen LogP contribution < -0.4 is 16.8 Å². The van der Waals surface area contributed by atoms with Crippen LogP contribution in [-0.4, -0.2) is 46.2 Å². The molecule has 0 atom stereocenters. The van der Waals surface area contributed by atoms with Crippen molar-refractivity contribution in [2.45, 2.75) is 51.8 Å². The van der Waals surface area contributed by atoms with Gasteiger partial charge in [0.15, 0.2) is 0 Å². The second-order valence-electron chi connectivity index (χ2n) is 9.04. The fourth-order valence-corrected chi connectivity index (χ4v) is 3.33. The number of aromatic nitrogens is 1. The van der Waals surface area contributed by atoms with E-state index in [9.17, 15) is 31.9 Å². The molecule has 1 aromatic carbocycles. The van der Waals surface area contributed by atoms with Crippen molar-refractivity contribution in [2.75, 3.05) is 18.4 Å². The maximum atomic E-state index is 13.6. The minimum Gasteiger partial charge on any atom is -0.444 e. The maximum absolute atomic E-state index is 13.6. The summed E-state index contributed by atoms with van der Waals surface area (Å²) in [6, 6.07) is 1.24. The van der Waals surface area contributed by atoms with Gasteiger partial charge in [-0.25, -0.2) is 14.0 Å². The van der Waals surface area contributed by atoms with E-state index in [0.29, 0.717) is 12.1 Å². The number of halogens is 4. The van der Waals surface area contributed by atoms with E-state index in [-0.39, 0.29) is 28.6 Å². The summed E-state index contributed by atoms with van der Waals surface area (Å²) in [6.45, 7) is 7.41. The first-order valence-electron chi connectivity index (χ1n) is 11.0. The van der Waals surface area contributed by atoms with Crippen LogP contribution >= 0.6 is 0 Å². The molecule has 0 saturated carbocycles. The number of carbonyl (C=O) groups is 3. The molecule has 4 amide bonds. The summed E-state index contributed by atoms with van der Waals surface area (Å²) in [5, 5.41) is 2.14. The number of benzene rings is 1. The van der Waals surface area contributed by atoms with Crippen molar-refractivity contribution in [3.8, 4) is 5.69 Å². The largest absolute Gasteiger partial charge is 0.444 e. The number of primary amides is 2. The lowest BCUT2D eigenvalue weighted by Crippen LogP contribution is -2.39. The van der Waals surface area contributed by atoms with Crippen LogP contribution in [0.4, 0.5) is 32.8 Å². The lowest BCUT2D eigenvalue weighted by Gasteiger charge is -2.29. The fraction of sp³-hybridized carbons (Fsp3) is 0.435. The van der Waals surface area contributed by atoms with E-state index >= 15 is 0 Å². The van der Waals surface area contributed by atoms with Crippen LogP contribution in [0.2, 0.25) is 0 Å². The number of piperidine rings is 1. The Balaban J connectivity index is 0.000000297. The monoisotopic (exact) mass is 515 g/mol. The number of carbonyl (C=O) groups excluding carboxylic acids is 3. The number of hydrogen-bond acceptors (Lipinski definition) is 4. The molecule has 5 N–H and O–H groups in total. The van der Waals surface area contributed by atoms with Crippen molar-refractivity contribution in [3.63, 3.8) is 0 Å². The third-order valence-corrected chi connectivity index (χ3v) is 4.91. The summed E-state index contributed by atoms with van der Waals surface area (Å²) in [7, 11) is 0. The van der Waals surface area contributed by atoms with Crippen LogP contribution in [0.3, 0.4) is 0 Å². The van der Waals surface area contributed by atoms with Crippen LogP contribution in [0.5, 0.6) is 0 Å². The van der Waals surface area contributed by atoms with E-state index in [1.807, 2.05) is 20.8 Å². The van der Waals surface area contributed by atoms with Crippen LogP contribution in [0.15, 0.2) is 30.6 Å². The lowest BCUT2D eigenvalue weighted by atomic mass is 10.1. The van der Waals surface area contributed by atoms with Gasteiger partial charge in [0, 0.05) is 31.2 Å². The standard InChI is InChI=1S/C13H10F4N4O2.C10H19NO2/c14-9-3-6(1-2-8(9)13(15,16)17)21-4-7(11(18)22)10(5-21)20-12(19)23;1-10(2,3)13-9(12)11-7-5-4-6-8-11/h1-5H,(H2,18,22)(H3,19,20,23);4-8H2,1-3H3. The summed E-state index contributed by atoms with van der Waals surface area (Å²) in [5.74, 6) is -2.38. The van der Waals surface area contributed by atoms with E-state index in [0.717, 1.165) is 42.8 Å². The molecule has 3 rings (SSSR count). The third-order valence-electron chi connectivity index (χ3n) is 4.91. The molecule has 2 heterocycles. The average Bonchev–Trinajstić information content (AvgIpc) is 3.16. The SMILES string of the molecule is CC(C)(C)OC(=O)N1CCCCC1.NC(=O)Nc1cn(-c2ccc(C(F)(F)F)c(F)c2)cc1C(N)=O. The summed E-state index contributed by atoms with van der Waals surface area (Å²) in [6.07, 6.45) is 0.781. The smallest absolute Gasteiger partial charge is 0.419 e. The Morgan fingerprint density at radius 1 is 1.00 bits per heavy atom. The van der Waals surface area contributed by atoms with Gasteiger partial charge in [0.25, 0.3) is 5.91 Å². The van der Waals surface area contributed by atoms with Gasteiger partial charge in [-0.3, -0.25) is 4.79 Å². The second kappa shape index (κ2) is 11.3. The maximum Gasteiger partial charge on any atom is 0.419 e. The Morgan fingerprint density at radius 3 is 2.08 bits per heavy atom. The number of amides is 4. The van der Waals surface area contributed by atoms with Gasteiger partial charge in [0.2, 0.25) is 0 Å². The Kier molecular flexibility index (Phi) is 8.94. The molecular weight excluding hydrogens is 486 g/mol. The predicted octanol–water partition coefficient (Wildman–Crippen LogP) is 4.63. The molecule has 0 radical (unpaired) electrons. The number of nitrogens with zero attached hydrogens (tertiary/aromatic N) is 2. The molecule has 198 valence electrons. The molecule has 1 fully saturated rings. The zero-order chi connectivity index (χ0) is 27.3. The number of hydrogen-bond donors (Lipinski definition) is 3. The van der Waals surface area contributed by atoms with Gasteiger partial charge in [-0.1, -0.05) is 0 Å². The van der Waals surface area contributed by atoms with E-state index in [4.69, 9.17) is 16.2 Å². The second-order valence-corrected chi connectivity index (χ2v) is 9.04. The molecule has 9 nitrogen and oxygen atoms in total. The van der Waals surface area contributed by atoms with Gasteiger partial charge in [0.1, 0.15) is 11.4 Å². The summed E-state index contributed by atoms with van der Waals surface area (Å²) in [4.78, 5) is 35.5. The molecule has 1 aliphatic rings. The van der Waals surface area contributed by atoms with Crippen LogP contribution in [0.1, 0.15) is 56.0 Å². The molecule has 1 aliphatic heterocycles. The normalized spacial score (nSPS) is 13.9. The Hall–Kier alpha value is -3.77. The molecule has 36 heavy (non-hydrogen) atoms. The van der Waals surface area contributed by atoms with Crippen molar-refractivity contribution in [3.05, 3.63) is 47.5 Å². The number of alkyl halides is 3. The van der Waals surface area contributed by atoms with Gasteiger partial charge >= 0.3 is 18.3 Å². The molecular formula is C23H29F4N5O4. The molecule has 1 saturated heterocycles. The first kappa shape index (κ1) is 28.5. The number of anilines is 1. The third kappa shape index (κ3) is 8.17. The van der Waals surface area contributed by atoms with Gasteiger partial charge in [-0.15, -0.1) is 0 Å². The number of urea groups is 1. The number of ether oxygens (including phenoxy) is 1. The number of rotatable bonds is 3. The highest BCUT2D eigenvalue weighted by molar-refractivity contribution is 6.02. The van der Waals surface area contributed by atoms with Crippen molar-refractivity contribution in [1.29, 1.82) is 0 Å². The van der Waals surface area contributed by atoms with Gasteiger partial charge in [-0.05, 0) is 58.2 Å². The van der Waals surface area contributed by atoms with E-state index < -0.39 is 29.5 Å². The molecule has 1 aromatic heterocycles. The van der Waals surface area contributed by atoms with Crippen molar-refractivity contribution in [1.82, 2.24) is 9.47 Å². The topological polar surface area (TPSA) is 133 Å². The summed E-state index contributed by atoms with van der Waals surface area (Å²) < 4.78 is 57.6. The molecule has 0 spiro atoms. The Morgan fingerprint density at radius 2 is 1.61 bits per heavy atom. The Labute approximate surface area is 205 Å². The van der Waals surface area contributed by atoms with Gasteiger partial charge in [-0.2, -0.15) is 13.2 Å². The number of likely N-dealkylation sites (tertiary alicyclic amines) is 1. The van der Waals surface area contributed by atoms with Crippen LogP contribution in [-0.2, 0) is 10.9 Å². The molecule has 0 bridgehead atoms. The zero-order valence-electron chi connectivity index (χ0n) is 20.1. The van der Waals surface area contributed by atoms with Crippen molar-refractivity contribution < 1.29 is 36.7 Å². The van der Waals surface area contributed by atoms with Crippen molar-refractivity contribution in [2.24, 2.45) is 11.5 Å². The highest BCUT2D eigenvalue weighted by Gasteiger charge is 2.34. The van der Waals surface area contributed by atoms with E-state index in [2.05, 4.69) is 5.32 Å². The van der Waals surface area contributed by atoms with Crippen molar-refractivity contribution >= 4 is 23.7 Å². The van der Waals surface area contributed by atoms with E-state index in [1.54, 1.807) is 4.90 Å². The summed E-state index contributed by atoms with van der Waals surface area (Å²) >= 11 is 0. The lowest BCUT2D eigenvalue weighted by molar-refractivity contribution is -0.140.